The Morgan fingerprint density at radius 2 is 1.65 bits per heavy atom. The third-order valence-electron chi connectivity index (χ3n) is 3.74. The Kier molecular flexibility index (Phi) is 3.98. The van der Waals surface area contributed by atoms with Crippen LogP contribution in [0.25, 0.3) is 10.8 Å². The van der Waals surface area contributed by atoms with Crippen LogP contribution >= 0.6 is 0 Å². The zero-order valence-electron chi connectivity index (χ0n) is 12.8. The van der Waals surface area contributed by atoms with Crippen LogP contribution in [0.5, 0.6) is 11.5 Å². The molecule has 4 heteroatoms. The number of rotatable bonds is 4. The van der Waals surface area contributed by atoms with E-state index in [1.54, 1.807) is 19.2 Å². The van der Waals surface area contributed by atoms with E-state index >= 15 is 0 Å². The van der Waals surface area contributed by atoms with Crippen molar-refractivity contribution in [2.24, 2.45) is 0 Å². The maximum Gasteiger partial charge on any atom is 0.197 e. The van der Waals surface area contributed by atoms with Crippen molar-refractivity contribution in [3.8, 4) is 11.5 Å². The summed E-state index contributed by atoms with van der Waals surface area (Å²) in [4.78, 5) is 12.9. The second-order valence-electron chi connectivity index (χ2n) is 5.07. The molecule has 0 aliphatic rings. The predicted octanol–water partition coefficient (Wildman–Crippen LogP) is 4.23. The maximum absolute atomic E-state index is 13.1. The summed E-state index contributed by atoms with van der Waals surface area (Å²) in [6.45, 7) is 0. The molecule has 0 atom stereocenters. The molecule has 0 radical (unpaired) electrons. The summed E-state index contributed by atoms with van der Waals surface area (Å²) < 4.78 is 23.7. The molecule has 3 nitrogen and oxygen atoms in total. The molecule has 0 N–H and O–H groups in total. The molecule has 23 heavy (non-hydrogen) atoms. The highest BCUT2D eigenvalue weighted by molar-refractivity contribution is 6.18. The van der Waals surface area contributed by atoms with E-state index in [2.05, 4.69) is 0 Å². The number of ether oxygens (including phenoxy) is 2. The molecule has 0 aromatic heterocycles. The fraction of sp³-hybridized carbons (Fsp3) is 0.105. The van der Waals surface area contributed by atoms with Crippen molar-refractivity contribution >= 4 is 16.6 Å². The van der Waals surface area contributed by atoms with Gasteiger partial charge in [0.2, 0.25) is 0 Å². The highest BCUT2D eigenvalue weighted by Gasteiger charge is 2.18. The van der Waals surface area contributed by atoms with E-state index in [0.29, 0.717) is 22.6 Å². The molecule has 0 bridgehead atoms. The van der Waals surface area contributed by atoms with E-state index in [1.165, 1.54) is 31.4 Å². The van der Waals surface area contributed by atoms with E-state index in [0.717, 1.165) is 10.8 Å². The number of benzene rings is 3. The molecule has 0 amide bonds. The smallest absolute Gasteiger partial charge is 0.197 e. The first-order valence-corrected chi connectivity index (χ1v) is 7.09. The second-order valence-corrected chi connectivity index (χ2v) is 5.07. The summed E-state index contributed by atoms with van der Waals surface area (Å²) in [5, 5.41) is 1.63. The first-order chi connectivity index (χ1) is 11.1. The van der Waals surface area contributed by atoms with E-state index in [4.69, 9.17) is 9.47 Å². The van der Waals surface area contributed by atoms with E-state index in [9.17, 15) is 9.18 Å². The highest BCUT2D eigenvalue weighted by atomic mass is 19.1. The average molecular weight is 310 g/mol. The van der Waals surface area contributed by atoms with Crippen LogP contribution in [0.15, 0.2) is 54.6 Å². The summed E-state index contributed by atoms with van der Waals surface area (Å²) in [5.41, 5.74) is 0.868. The minimum absolute atomic E-state index is 0.211. The maximum atomic E-state index is 13.1. The average Bonchev–Trinajstić information content (AvgIpc) is 2.60. The highest BCUT2D eigenvalue weighted by Crippen LogP contribution is 2.32. The molecule has 116 valence electrons. The lowest BCUT2D eigenvalue weighted by Gasteiger charge is -2.12. The van der Waals surface area contributed by atoms with Crippen molar-refractivity contribution in [2.75, 3.05) is 14.2 Å². The number of hydrogen-bond donors (Lipinski definition) is 0. The van der Waals surface area contributed by atoms with Gasteiger partial charge in [0.1, 0.15) is 17.3 Å². The van der Waals surface area contributed by atoms with Gasteiger partial charge in [0, 0.05) is 5.56 Å². The van der Waals surface area contributed by atoms with Crippen LogP contribution in [-0.2, 0) is 0 Å². The van der Waals surface area contributed by atoms with E-state index in [-0.39, 0.29) is 11.6 Å². The standard InChI is InChI=1S/C19H15FO3/c1-22-15-8-9-16-13(11-15)5-10-17(23-2)18(16)19(21)12-3-6-14(20)7-4-12/h3-11H,1-2H3. The molecule has 0 saturated carbocycles. The van der Waals surface area contributed by atoms with Gasteiger partial charge in [0.15, 0.2) is 5.78 Å². The Balaban J connectivity index is 2.21. The Morgan fingerprint density at radius 1 is 0.913 bits per heavy atom. The molecule has 3 aromatic rings. The van der Waals surface area contributed by atoms with Gasteiger partial charge < -0.3 is 9.47 Å². The molecule has 0 aliphatic carbocycles. The van der Waals surface area contributed by atoms with Gasteiger partial charge in [-0.15, -0.1) is 0 Å². The normalized spacial score (nSPS) is 10.6. The Morgan fingerprint density at radius 3 is 2.30 bits per heavy atom. The van der Waals surface area contributed by atoms with Gasteiger partial charge in [-0.25, -0.2) is 4.39 Å². The number of methoxy groups -OCH3 is 2. The Labute approximate surface area is 133 Å². The molecule has 3 rings (SSSR count). The van der Waals surface area contributed by atoms with Crippen LogP contribution in [-0.4, -0.2) is 20.0 Å². The number of ketones is 1. The summed E-state index contributed by atoms with van der Waals surface area (Å²) in [5.74, 6) is 0.605. The zero-order valence-corrected chi connectivity index (χ0v) is 12.8. The Hall–Kier alpha value is -2.88. The van der Waals surface area contributed by atoms with Crippen LogP contribution < -0.4 is 9.47 Å². The number of halogens is 1. The predicted molar refractivity (Wildman–Crippen MR) is 86.9 cm³/mol. The first kappa shape index (κ1) is 15.0. The minimum atomic E-state index is -0.379. The second kappa shape index (κ2) is 6.08. The van der Waals surface area contributed by atoms with Gasteiger partial charge in [-0.05, 0) is 59.3 Å². The third kappa shape index (κ3) is 2.75. The SMILES string of the molecule is COc1ccc2c(C(=O)c3ccc(F)cc3)c(OC)ccc2c1. The molecule has 0 saturated heterocycles. The lowest BCUT2D eigenvalue weighted by molar-refractivity contribution is 0.103. The summed E-state index contributed by atoms with van der Waals surface area (Å²) >= 11 is 0. The van der Waals surface area contributed by atoms with Crippen LogP contribution in [0.1, 0.15) is 15.9 Å². The molecular formula is C19H15FO3. The van der Waals surface area contributed by atoms with Crippen molar-refractivity contribution < 1.29 is 18.7 Å². The van der Waals surface area contributed by atoms with E-state index < -0.39 is 0 Å². The van der Waals surface area contributed by atoms with Crippen LogP contribution in [0.4, 0.5) is 4.39 Å². The van der Waals surface area contributed by atoms with Gasteiger partial charge in [0.05, 0.1) is 19.8 Å². The summed E-state index contributed by atoms with van der Waals surface area (Å²) in [7, 11) is 3.11. The number of carbonyl (C=O) groups excluding carboxylic acids is 1. The van der Waals surface area contributed by atoms with Gasteiger partial charge >= 0.3 is 0 Å². The van der Waals surface area contributed by atoms with Gasteiger partial charge in [-0.2, -0.15) is 0 Å². The first-order valence-electron chi connectivity index (χ1n) is 7.09. The minimum Gasteiger partial charge on any atom is -0.497 e. The quantitative estimate of drug-likeness (QED) is 0.677. The topological polar surface area (TPSA) is 35.5 Å². The third-order valence-corrected chi connectivity index (χ3v) is 3.74. The molecule has 0 unspecified atom stereocenters. The zero-order chi connectivity index (χ0) is 16.4. The lowest BCUT2D eigenvalue weighted by Crippen LogP contribution is -2.05. The fourth-order valence-electron chi connectivity index (χ4n) is 2.56. The van der Waals surface area contributed by atoms with Crippen LogP contribution in [0.2, 0.25) is 0 Å². The van der Waals surface area contributed by atoms with Crippen molar-refractivity contribution in [3.63, 3.8) is 0 Å². The van der Waals surface area contributed by atoms with E-state index in [1.807, 2.05) is 18.2 Å². The number of carbonyl (C=O) groups is 1. The molecule has 0 aliphatic heterocycles. The molecular weight excluding hydrogens is 295 g/mol. The van der Waals surface area contributed by atoms with Crippen molar-refractivity contribution in [1.29, 1.82) is 0 Å². The molecule has 0 heterocycles. The largest absolute Gasteiger partial charge is 0.497 e. The number of fused-ring (bicyclic) bond motifs is 1. The number of hydrogen-bond acceptors (Lipinski definition) is 3. The fourth-order valence-corrected chi connectivity index (χ4v) is 2.56. The molecule has 3 aromatic carbocycles. The van der Waals surface area contributed by atoms with Crippen molar-refractivity contribution in [2.45, 2.75) is 0 Å². The lowest BCUT2D eigenvalue weighted by atomic mass is 9.96. The van der Waals surface area contributed by atoms with Gasteiger partial charge in [-0.1, -0.05) is 6.07 Å². The van der Waals surface area contributed by atoms with Crippen LogP contribution in [0.3, 0.4) is 0 Å². The van der Waals surface area contributed by atoms with Crippen molar-refractivity contribution in [3.05, 3.63) is 71.5 Å². The van der Waals surface area contributed by atoms with Crippen LogP contribution in [0, 0.1) is 5.82 Å². The van der Waals surface area contributed by atoms with Crippen molar-refractivity contribution in [1.82, 2.24) is 0 Å². The van der Waals surface area contributed by atoms with Gasteiger partial charge in [-0.3, -0.25) is 4.79 Å². The summed E-state index contributed by atoms with van der Waals surface area (Å²) in [6, 6.07) is 14.6. The molecule has 0 fully saturated rings. The monoisotopic (exact) mass is 310 g/mol. The summed E-state index contributed by atoms with van der Waals surface area (Å²) in [6.07, 6.45) is 0. The molecule has 0 spiro atoms. The Bertz CT molecular complexity index is 870. The van der Waals surface area contributed by atoms with Gasteiger partial charge in [0.25, 0.3) is 0 Å².